The molecule has 0 saturated heterocycles. The third kappa shape index (κ3) is 3.87. The van der Waals surface area contributed by atoms with Gasteiger partial charge in [0.2, 0.25) is 17.8 Å². The number of aromatic nitrogens is 6. The number of hydrogen-bond acceptors (Lipinski definition) is 8. The van der Waals surface area contributed by atoms with Crippen LogP contribution in [0.5, 0.6) is 0 Å². The molecule has 25 heavy (non-hydrogen) atoms. The summed E-state index contributed by atoms with van der Waals surface area (Å²) in [6, 6.07) is 0. The van der Waals surface area contributed by atoms with E-state index >= 15 is 0 Å². The molecule has 4 N–H and O–H groups in total. The van der Waals surface area contributed by atoms with Crippen molar-refractivity contribution in [1.82, 2.24) is 29.9 Å². The standard InChI is InChI=1S/C14H15BrN8OS/c1-3-8(11(24)22-14-17-4-7(15)6(2)20-14)25-12-9-10(19-5-18-9)21-13(16)23-12/h4-5,8H,3H2,1-2H3,(H,17,20,22,24)(H3,16,18,19,21,23)/t8-/m0/s1. The summed E-state index contributed by atoms with van der Waals surface area (Å²) in [7, 11) is 0. The van der Waals surface area contributed by atoms with Crippen molar-refractivity contribution in [3.8, 4) is 0 Å². The third-order valence-corrected chi connectivity index (χ3v) is 5.47. The van der Waals surface area contributed by atoms with E-state index < -0.39 is 5.25 Å². The van der Waals surface area contributed by atoms with Gasteiger partial charge in [0, 0.05) is 6.20 Å². The minimum absolute atomic E-state index is 0.115. The normalized spacial score (nSPS) is 12.3. The van der Waals surface area contributed by atoms with Gasteiger partial charge in [-0.3, -0.25) is 10.1 Å². The minimum atomic E-state index is -0.395. The highest BCUT2D eigenvalue weighted by Crippen LogP contribution is 2.29. The fourth-order valence-electron chi connectivity index (χ4n) is 2.07. The van der Waals surface area contributed by atoms with Gasteiger partial charge in [-0.05, 0) is 29.3 Å². The van der Waals surface area contributed by atoms with Crippen LogP contribution in [-0.2, 0) is 4.79 Å². The number of rotatable bonds is 5. The average molecular weight is 423 g/mol. The lowest BCUT2D eigenvalue weighted by Crippen LogP contribution is -2.26. The quantitative estimate of drug-likeness (QED) is 0.420. The van der Waals surface area contributed by atoms with Gasteiger partial charge in [-0.25, -0.2) is 19.9 Å². The number of aryl methyl sites for hydroxylation is 1. The molecule has 0 saturated carbocycles. The number of nitrogens with two attached hydrogens (primary N) is 1. The monoisotopic (exact) mass is 422 g/mol. The van der Waals surface area contributed by atoms with Crippen molar-refractivity contribution in [3.63, 3.8) is 0 Å². The molecule has 3 heterocycles. The second-order valence-electron chi connectivity index (χ2n) is 5.12. The molecule has 11 heteroatoms. The van der Waals surface area contributed by atoms with Crippen LogP contribution in [0.3, 0.4) is 0 Å². The van der Waals surface area contributed by atoms with E-state index in [-0.39, 0.29) is 17.8 Å². The van der Waals surface area contributed by atoms with Crippen LogP contribution in [0.4, 0.5) is 11.9 Å². The van der Waals surface area contributed by atoms with Gasteiger partial charge in [0.05, 0.1) is 21.7 Å². The van der Waals surface area contributed by atoms with E-state index in [4.69, 9.17) is 5.73 Å². The minimum Gasteiger partial charge on any atom is -0.368 e. The average Bonchev–Trinajstić information content (AvgIpc) is 3.04. The Morgan fingerprint density at radius 2 is 2.20 bits per heavy atom. The van der Waals surface area contributed by atoms with E-state index in [2.05, 4.69) is 51.2 Å². The maximum atomic E-state index is 12.6. The molecule has 9 nitrogen and oxygen atoms in total. The van der Waals surface area contributed by atoms with Crippen molar-refractivity contribution in [2.75, 3.05) is 11.1 Å². The molecule has 0 fully saturated rings. The molecule has 1 amide bonds. The zero-order valence-electron chi connectivity index (χ0n) is 13.4. The molecule has 0 bridgehead atoms. The van der Waals surface area contributed by atoms with Crippen LogP contribution in [0.2, 0.25) is 0 Å². The molecule has 3 rings (SSSR count). The molecule has 0 radical (unpaired) electrons. The van der Waals surface area contributed by atoms with E-state index in [1.807, 2.05) is 13.8 Å². The van der Waals surface area contributed by atoms with E-state index in [1.165, 1.54) is 18.1 Å². The number of carbonyl (C=O) groups excluding carboxylic acids is 1. The van der Waals surface area contributed by atoms with Crippen LogP contribution in [0, 0.1) is 6.92 Å². The largest absolute Gasteiger partial charge is 0.368 e. The Bertz CT molecular complexity index is 930. The number of H-pyrrole nitrogens is 1. The zero-order valence-corrected chi connectivity index (χ0v) is 15.8. The fourth-order valence-corrected chi connectivity index (χ4v) is 3.28. The molecule has 3 aromatic heterocycles. The lowest BCUT2D eigenvalue weighted by Gasteiger charge is -2.14. The number of thioether (sulfide) groups is 1. The number of fused-ring (bicyclic) bond motifs is 1. The van der Waals surface area contributed by atoms with Gasteiger partial charge in [-0.2, -0.15) is 4.98 Å². The fraction of sp³-hybridized carbons (Fsp3) is 0.286. The molecular formula is C14H15BrN8OS. The summed E-state index contributed by atoms with van der Waals surface area (Å²) in [6.07, 6.45) is 3.71. The Kier molecular flexibility index (Phi) is 5.13. The molecule has 130 valence electrons. The third-order valence-electron chi connectivity index (χ3n) is 3.34. The van der Waals surface area contributed by atoms with Crippen molar-refractivity contribution in [2.45, 2.75) is 30.5 Å². The number of imidazole rings is 1. The number of halogens is 1. The van der Waals surface area contributed by atoms with E-state index in [0.717, 1.165) is 10.2 Å². The first-order valence-corrected chi connectivity index (χ1v) is 9.08. The molecule has 0 spiro atoms. The molecule has 0 aliphatic carbocycles. The summed E-state index contributed by atoms with van der Waals surface area (Å²) >= 11 is 4.62. The van der Waals surface area contributed by atoms with E-state index in [1.54, 1.807) is 6.20 Å². The van der Waals surface area contributed by atoms with Crippen molar-refractivity contribution < 1.29 is 4.79 Å². The second kappa shape index (κ2) is 7.31. The molecule has 0 unspecified atom stereocenters. The number of amides is 1. The predicted octanol–water partition coefficient (Wildman–Crippen LogP) is 2.31. The van der Waals surface area contributed by atoms with Gasteiger partial charge in [-0.1, -0.05) is 18.7 Å². The first kappa shape index (κ1) is 17.5. The molecule has 3 aromatic rings. The number of nitrogens with one attached hydrogen (secondary N) is 2. The summed E-state index contributed by atoms with van der Waals surface area (Å²) < 4.78 is 0.782. The van der Waals surface area contributed by atoms with Crippen LogP contribution in [0.15, 0.2) is 22.0 Å². The summed E-state index contributed by atoms with van der Waals surface area (Å²) in [5.74, 6) is 0.168. The molecule has 0 aliphatic heterocycles. The Hall–Kier alpha value is -2.27. The maximum Gasteiger partial charge on any atom is 0.240 e. The highest BCUT2D eigenvalue weighted by molar-refractivity contribution is 9.10. The van der Waals surface area contributed by atoms with Gasteiger partial charge < -0.3 is 10.7 Å². The Balaban J connectivity index is 1.80. The maximum absolute atomic E-state index is 12.6. The first-order chi connectivity index (χ1) is 12.0. The van der Waals surface area contributed by atoms with Gasteiger partial charge >= 0.3 is 0 Å². The topological polar surface area (TPSA) is 135 Å². The smallest absolute Gasteiger partial charge is 0.240 e. The van der Waals surface area contributed by atoms with Gasteiger partial charge in [0.15, 0.2) is 5.65 Å². The molecular weight excluding hydrogens is 408 g/mol. The van der Waals surface area contributed by atoms with Crippen molar-refractivity contribution in [2.24, 2.45) is 0 Å². The lowest BCUT2D eigenvalue weighted by molar-refractivity contribution is -0.115. The van der Waals surface area contributed by atoms with E-state index in [0.29, 0.717) is 22.6 Å². The Labute approximate surface area is 155 Å². The zero-order chi connectivity index (χ0) is 18.0. The summed E-state index contributed by atoms with van der Waals surface area (Å²) in [4.78, 5) is 36.2. The number of carbonyl (C=O) groups is 1. The Morgan fingerprint density at radius 1 is 1.40 bits per heavy atom. The van der Waals surface area contributed by atoms with Crippen LogP contribution in [-0.4, -0.2) is 41.1 Å². The first-order valence-electron chi connectivity index (χ1n) is 7.41. The number of hydrogen-bond donors (Lipinski definition) is 3. The Morgan fingerprint density at radius 3 is 2.92 bits per heavy atom. The highest BCUT2D eigenvalue weighted by atomic mass is 79.9. The predicted molar refractivity (Wildman–Crippen MR) is 99.1 cm³/mol. The second-order valence-corrected chi connectivity index (χ2v) is 7.16. The number of nitrogens with zero attached hydrogens (tertiary/aromatic N) is 5. The van der Waals surface area contributed by atoms with Crippen molar-refractivity contribution >= 4 is 56.7 Å². The summed E-state index contributed by atoms with van der Waals surface area (Å²) in [6.45, 7) is 3.74. The molecule has 0 aliphatic rings. The highest BCUT2D eigenvalue weighted by Gasteiger charge is 2.22. The van der Waals surface area contributed by atoms with Gasteiger partial charge in [0.1, 0.15) is 10.5 Å². The van der Waals surface area contributed by atoms with Crippen LogP contribution >= 0.6 is 27.7 Å². The van der Waals surface area contributed by atoms with Crippen molar-refractivity contribution in [3.05, 3.63) is 22.7 Å². The van der Waals surface area contributed by atoms with Crippen LogP contribution in [0.25, 0.3) is 11.2 Å². The molecule has 1 atom stereocenters. The summed E-state index contributed by atoms with van der Waals surface area (Å²) in [5.41, 5.74) is 7.58. The van der Waals surface area contributed by atoms with Gasteiger partial charge in [0.25, 0.3) is 0 Å². The molecule has 0 aromatic carbocycles. The number of anilines is 2. The number of aromatic amines is 1. The van der Waals surface area contributed by atoms with Crippen LogP contribution < -0.4 is 11.1 Å². The van der Waals surface area contributed by atoms with Gasteiger partial charge in [-0.15, -0.1) is 0 Å². The lowest BCUT2D eigenvalue weighted by atomic mass is 10.3. The SMILES string of the molecule is CC[C@H](Sc1nc(N)nc2nc[nH]c12)C(=O)Nc1ncc(Br)c(C)n1. The van der Waals surface area contributed by atoms with Crippen molar-refractivity contribution in [1.29, 1.82) is 0 Å². The van der Waals surface area contributed by atoms with E-state index in [9.17, 15) is 4.79 Å². The van der Waals surface area contributed by atoms with Crippen LogP contribution in [0.1, 0.15) is 19.0 Å². The summed E-state index contributed by atoms with van der Waals surface area (Å²) in [5, 5.41) is 2.92. The number of nitrogen functional groups attached to an aromatic ring is 1.